The first-order valence-electron chi connectivity index (χ1n) is 19.4. The molecular formula is C43H47BBrI2N8O2PS2. The third kappa shape index (κ3) is 10.9. The average Bonchev–Trinajstić information content (AvgIpc) is 3.98. The molecule has 17 heteroatoms. The number of nitrogens with zero attached hydrogens (tertiary/aromatic N) is 8. The van der Waals surface area contributed by atoms with Gasteiger partial charge >= 0.3 is 7.12 Å². The molecular weight excluding hydrogens is 1100 g/mol. The zero-order valence-electron chi connectivity index (χ0n) is 34.2. The first kappa shape index (κ1) is 46.7. The molecule has 3 aliphatic rings. The van der Waals surface area contributed by atoms with E-state index in [4.69, 9.17) is 29.8 Å². The van der Waals surface area contributed by atoms with Crippen LogP contribution in [0.15, 0.2) is 89.4 Å². The number of hydrogen-bond acceptors (Lipinski definition) is 12. The van der Waals surface area contributed by atoms with Gasteiger partial charge in [-0.05, 0) is 111 Å². The van der Waals surface area contributed by atoms with Gasteiger partial charge < -0.3 is 28.9 Å². The Morgan fingerprint density at radius 3 is 1.37 bits per heavy atom. The Morgan fingerprint density at radius 2 is 0.983 bits per heavy atom. The molecule has 3 fully saturated rings. The molecule has 1 unspecified atom stereocenters. The molecule has 3 saturated heterocycles. The van der Waals surface area contributed by atoms with Gasteiger partial charge in [-0.25, -0.2) is 9.97 Å². The fourth-order valence-corrected chi connectivity index (χ4v) is 9.28. The molecule has 6 aromatic rings. The van der Waals surface area contributed by atoms with Crippen molar-refractivity contribution in [3.8, 4) is 12.1 Å². The van der Waals surface area contributed by atoms with Crippen molar-refractivity contribution in [2.45, 2.75) is 38.9 Å². The Balaban J connectivity index is 0.000000192. The molecule has 10 nitrogen and oxygen atoms in total. The van der Waals surface area contributed by atoms with Crippen LogP contribution >= 0.6 is 90.1 Å². The lowest BCUT2D eigenvalue weighted by atomic mass is 9.79. The van der Waals surface area contributed by atoms with Crippen molar-refractivity contribution in [2.24, 2.45) is 0 Å². The van der Waals surface area contributed by atoms with E-state index in [1.165, 1.54) is 11.4 Å². The maximum Gasteiger partial charge on any atom is 0.494 e. The highest BCUT2D eigenvalue weighted by molar-refractivity contribution is 14.2. The second-order valence-electron chi connectivity index (χ2n) is 15.2. The first-order chi connectivity index (χ1) is 29.0. The van der Waals surface area contributed by atoms with Gasteiger partial charge in [-0.15, -0.1) is 0 Å². The molecule has 312 valence electrons. The van der Waals surface area contributed by atoms with Crippen molar-refractivity contribution >= 4 is 145 Å². The van der Waals surface area contributed by atoms with Crippen LogP contribution in [0.2, 0.25) is 0 Å². The summed E-state index contributed by atoms with van der Waals surface area (Å²) in [6.45, 7) is 18.3. The number of fused-ring (bicyclic) bond motifs is 2. The molecule has 3 aliphatic heterocycles. The van der Waals surface area contributed by atoms with Gasteiger partial charge in [-0.1, -0.05) is 102 Å². The van der Waals surface area contributed by atoms with Crippen LogP contribution in [0.3, 0.4) is 0 Å². The summed E-state index contributed by atoms with van der Waals surface area (Å²) < 4.78 is 15.7. The largest absolute Gasteiger partial charge is 0.494 e. The summed E-state index contributed by atoms with van der Waals surface area (Å²) in [6, 6.07) is 32.8. The fraction of sp³-hybridized carbons (Fsp3) is 0.349. The fourth-order valence-electron chi connectivity index (χ4n) is 7.03. The van der Waals surface area contributed by atoms with Crippen LogP contribution in [0.1, 0.15) is 38.8 Å². The number of alkyl halides is 1. The third-order valence-electron chi connectivity index (χ3n) is 11.1. The van der Waals surface area contributed by atoms with E-state index in [1.807, 2.05) is 41.3 Å². The minimum absolute atomic E-state index is 0.327. The number of anilines is 4. The molecule has 0 bridgehead atoms. The van der Waals surface area contributed by atoms with E-state index in [-0.39, 0.29) is 18.3 Å². The zero-order valence-corrected chi connectivity index (χ0v) is 42.9. The van der Waals surface area contributed by atoms with Crippen LogP contribution in [-0.2, 0) is 9.31 Å². The van der Waals surface area contributed by atoms with E-state index in [9.17, 15) is 0 Å². The van der Waals surface area contributed by atoms with Crippen molar-refractivity contribution in [1.29, 1.82) is 10.5 Å². The van der Waals surface area contributed by atoms with Crippen molar-refractivity contribution in [2.75, 3.05) is 76.9 Å². The summed E-state index contributed by atoms with van der Waals surface area (Å²) in [4.78, 5) is 21.0. The molecule has 9 rings (SSSR count). The Labute approximate surface area is 399 Å². The summed E-state index contributed by atoms with van der Waals surface area (Å²) in [5.74, 6) is 0. The summed E-state index contributed by atoms with van der Waals surface area (Å²) in [6.07, 6.45) is 0. The number of rotatable bonds is 5. The Morgan fingerprint density at radius 1 is 0.617 bits per heavy atom. The second-order valence-corrected chi connectivity index (χ2v) is 18.1. The highest BCUT2D eigenvalue weighted by Crippen LogP contribution is 2.37. The monoisotopic (exact) mass is 1150 g/mol. The first-order valence-corrected chi connectivity index (χ1v) is 28.2. The van der Waals surface area contributed by atoms with Crippen LogP contribution in [-0.4, -0.2) is 85.6 Å². The molecule has 4 aromatic carbocycles. The van der Waals surface area contributed by atoms with E-state index >= 15 is 0 Å². The number of thiazole rings is 2. The highest BCUT2D eigenvalue weighted by Gasteiger charge is 2.51. The Kier molecular flexibility index (Phi) is 16.4. The van der Waals surface area contributed by atoms with Gasteiger partial charge in [0, 0.05) is 68.2 Å². The van der Waals surface area contributed by atoms with Gasteiger partial charge in [-0.2, -0.15) is 10.5 Å². The molecule has 0 N–H and O–H groups in total. The predicted octanol–water partition coefficient (Wildman–Crippen LogP) is 10.3. The molecule has 0 amide bonds. The van der Waals surface area contributed by atoms with Crippen molar-refractivity contribution < 1.29 is 9.31 Å². The highest BCUT2D eigenvalue weighted by atomic mass is 127. The number of benzene rings is 4. The summed E-state index contributed by atoms with van der Waals surface area (Å²) in [5, 5.41) is 20.2. The summed E-state index contributed by atoms with van der Waals surface area (Å²) >= 11 is 11.1. The van der Waals surface area contributed by atoms with Crippen LogP contribution in [0.5, 0.6) is 0 Å². The molecule has 60 heavy (non-hydrogen) atoms. The van der Waals surface area contributed by atoms with Crippen LogP contribution in [0, 0.1) is 22.7 Å². The predicted molar refractivity (Wildman–Crippen MR) is 277 cm³/mol. The lowest BCUT2D eigenvalue weighted by molar-refractivity contribution is 0.00578. The Bertz CT molecular complexity index is 2430. The molecule has 0 saturated carbocycles. The lowest BCUT2D eigenvalue weighted by Gasteiger charge is -2.36. The van der Waals surface area contributed by atoms with Gasteiger partial charge in [0.15, 0.2) is 10.3 Å². The number of nitriles is 2. The standard InChI is InChI=1S/C24H27BN4O2S.C18H15BrN4S.CH3I.H2IP/c1-23(2)24(3,4)31-25(30-23)18-6-8-19(9-7-18)28-11-13-29(14-12-28)22-27-20-15-17(16-26)5-10-21(20)32-22;19-14-2-4-15(5-3-14)22-7-9-23(10-8-22)18-21-16-11-13(12-20)1-6-17(16)24-18;2*1-2/h5-10,15H,11-14H2,1-4H3;1-6,11H,7-10H2;1H3;2H2. The van der Waals surface area contributed by atoms with E-state index in [0.29, 0.717) is 11.1 Å². The maximum atomic E-state index is 9.11. The maximum absolute atomic E-state index is 9.11. The number of hydrogen-bond donors (Lipinski definition) is 0. The molecule has 0 spiro atoms. The van der Waals surface area contributed by atoms with E-state index in [1.54, 1.807) is 22.7 Å². The third-order valence-corrected chi connectivity index (χ3v) is 13.8. The summed E-state index contributed by atoms with van der Waals surface area (Å²) in [5.41, 5.74) is 6.02. The lowest BCUT2D eigenvalue weighted by Crippen LogP contribution is -2.46. The SMILES string of the molecule is CC1(C)OB(c2ccc(N3CCN(c4nc5cc(C#N)ccc5s4)CC3)cc2)OC1(C)C.CI.N#Cc1ccc2sc(N3CCN(c4ccc(Br)cc4)CC3)nc2c1.PI. The van der Waals surface area contributed by atoms with Gasteiger partial charge in [0.2, 0.25) is 0 Å². The quantitative estimate of drug-likeness (QED) is 0.0717. The molecule has 0 radical (unpaired) electrons. The van der Waals surface area contributed by atoms with Crippen LogP contribution < -0.4 is 25.1 Å². The van der Waals surface area contributed by atoms with E-state index < -0.39 is 0 Å². The number of aromatic nitrogens is 2. The van der Waals surface area contributed by atoms with Crippen LogP contribution in [0.4, 0.5) is 21.6 Å². The van der Waals surface area contributed by atoms with E-state index in [2.05, 4.69) is 175 Å². The minimum atomic E-state index is -0.330. The van der Waals surface area contributed by atoms with Gasteiger partial charge in [-0.3, -0.25) is 0 Å². The van der Waals surface area contributed by atoms with Crippen molar-refractivity contribution in [3.05, 3.63) is 101 Å². The topological polar surface area (TPSA) is 105 Å². The van der Waals surface area contributed by atoms with Gasteiger partial charge in [0.1, 0.15) is 0 Å². The number of piperazine rings is 2. The van der Waals surface area contributed by atoms with Crippen LogP contribution in [0.25, 0.3) is 20.4 Å². The van der Waals surface area contributed by atoms with Crippen molar-refractivity contribution in [1.82, 2.24) is 9.97 Å². The smallest absolute Gasteiger partial charge is 0.399 e. The summed E-state index contributed by atoms with van der Waals surface area (Å²) in [7, 11) is -0.327. The zero-order chi connectivity index (χ0) is 43.0. The van der Waals surface area contributed by atoms with Gasteiger partial charge in [0.25, 0.3) is 0 Å². The molecule has 1 atom stereocenters. The number of halogens is 3. The van der Waals surface area contributed by atoms with Gasteiger partial charge in [0.05, 0.1) is 54.9 Å². The minimum Gasteiger partial charge on any atom is -0.399 e. The molecule has 2 aromatic heterocycles. The van der Waals surface area contributed by atoms with E-state index in [0.717, 1.165) is 93.0 Å². The molecule has 5 heterocycles. The van der Waals surface area contributed by atoms with Crippen molar-refractivity contribution in [3.63, 3.8) is 0 Å². The average molecular weight is 1150 g/mol. The molecule has 0 aliphatic carbocycles. The second kappa shape index (κ2) is 21.0. The normalized spacial score (nSPS) is 16.8. The Hall–Kier alpha value is -2.81.